The van der Waals surface area contributed by atoms with E-state index < -0.39 is 0 Å². The number of nitrogens with two attached hydrogens (primary N) is 1. The molecule has 2 aromatic heterocycles. The quantitative estimate of drug-likeness (QED) is 0.792. The first-order valence-electron chi connectivity index (χ1n) is 7.80. The van der Waals surface area contributed by atoms with E-state index in [0.717, 1.165) is 37.6 Å². The first-order valence-corrected chi connectivity index (χ1v) is 7.80. The van der Waals surface area contributed by atoms with Crippen LogP contribution in [0, 0.1) is 5.92 Å². The van der Waals surface area contributed by atoms with Gasteiger partial charge in [0.15, 0.2) is 11.5 Å². The Kier molecular flexibility index (Phi) is 4.34. The van der Waals surface area contributed by atoms with Gasteiger partial charge in [-0.05, 0) is 31.6 Å². The average Bonchev–Trinajstić information content (AvgIpc) is 2.86. The van der Waals surface area contributed by atoms with Crippen molar-refractivity contribution in [2.24, 2.45) is 5.92 Å². The highest BCUT2D eigenvalue weighted by Crippen LogP contribution is 2.41. The Labute approximate surface area is 124 Å². The molecule has 0 saturated heterocycles. The smallest absolute Gasteiger partial charge is 0.165 e. The molecule has 0 radical (unpaired) electrons. The Hall–Kier alpha value is -1.69. The average molecular weight is 289 g/mol. The lowest BCUT2D eigenvalue weighted by Crippen LogP contribution is -2.27. The summed E-state index contributed by atoms with van der Waals surface area (Å²) in [7, 11) is 0. The molecule has 6 nitrogen and oxygen atoms in total. The molecule has 0 bridgehead atoms. The van der Waals surface area contributed by atoms with Crippen molar-refractivity contribution in [1.29, 1.82) is 0 Å². The van der Waals surface area contributed by atoms with Crippen molar-refractivity contribution in [3.05, 3.63) is 12.7 Å². The standard InChI is InChI=1S/C15H23N5O/c1-2-3-5-21-6-4-11-7-12(8-11)20-10-19-13-14(16)17-9-18-15(13)20/h9-12H,2-8H2,1H3,(H2,16,17,18). The van der Waals surface area contributed by atoms with E-state index >= 15 is 0 Å². The highest BCUT2D eigenvalue weighted by Gasteiger charge is 2.31. The van der Waals surface area contributed by atoms with Gasteiger partial charge in [0.05, 0.1) is 6.33 Å². The maximum Gasteiger partial charge on any atom is 0.165 e. The van der Waals surface area contributed by atoms with Crippen molar-refractivity contribution in [1.82, 2.24) is 19.5 Å². The van der Waals surface area contributed by atoms with Crippen LogP contribution in [-0.2, 0) is 4.74 Å². The van der Waals surface area contributed by atoms with Gasteiger partial charge >= 0.3 is 0 Å². The predicted octanol–water partition coefficient (Wildman–Crippen LogP) is 2.57. The Morgan fingerprint density at radius 1 is 1.29 bits per heavy atom. The van der Waals surface area contributed by atoms with Crippen LogP contribution < -0.4 is 5.73 Å². The van der Waals surface area contributed by atoms with Crippen molar-refractivity contribution in [3.63, 3.8) is 0 Å². The molecule has 0 atom stereocenters. The number of hydrogen-bond donors (Lipinski definition) is 1. The van der Waals surface area contributed by atoms with Crippen LogP contribution in [0.4, 0.5) is 5.82 Å². The summed E-state index contributed by atoms with van der Waals surface area (Å²) in [5.74, 6) is 1.22. The molecule has 0 unspecified atom stereocenters. The van der Waals surface area contributed by atoms with Crippen molar-refractivity contribution >= 4 is 17.0 Å². The Morgan fingerprint density at radius 2 is 2.14 bits per heavy atom. The van der Waals surface area contributed by atoms with Gasteiger partial charge in [-0.3, -0.25) is 0 Å². The van der Waals surface area contributed by atoms with Crippen molar-refractivity contribution in [2.75, 3.05) is 18.9 Å². The number of nitrogen functional groups attached to an aromatic ring is 1. The summed E-state index contributed by atoms with van der Waals surface area (Å²) in [6.45, 7) is 3.97. The summed E-state index contributed by atoms with van der Waals surface area (Å²) < 4.78 is 7.78. The van der Waals surface area contributed by atoms with Crippen LogP contribution in [-0.4, -0.2) is 32.7 Å². The third-order valence-corrected chi connectivity index (χ3v) is 4.30. The SMILES string of the molecule is CCCCOCCC1CC(n2cnc3c(N)ncnc32)C1. The van der Waals surface area contributed by atoms with E-state index in [1.807, 2.05) is 6.33 Å². The molecule has 114 valence electrons. The minimum absolute atomic E-state index is 0.457. The molecule has 0 aliphatic heterocycles. The van der Waals surface area contributed by atoms with Crippen LogP contribution in [0.2, 0.25) is 0 Å². The van der Waals surface area contributed by atoms with Crippen molar-refractivity contribution in [2.45, 2.75) is 45.1 Å². The fourth-order valence-corrected chi connectivity index (χ4v) is 2.90. The van der Waals surface area contributed by atoms with Gasteiger partial charge < -0.3 is 15.0 Å². The molecule has 3 rings (SSSR count). The van der Waals surface area contributed by atoms with E-state index in [1.165, 1.54) is 25.6 Å². The number of ether oxygens (including phenoxy) is 1. The number of unbranched alkanes of at least 4 members (excludes halogenated alkanes) is 1. The minimum Gasteiger partial charge on any atom is -0.382 e. The van der Waals surface area contributed by atoms with E-state index in [1.54, 1.807) is 0 Å². The monoisotopic (exact) mass is 289 g/mol. The molecule has 0 spiro atoms. The molecule has 2 aromatic rings. The summed E-state index contributed by atoms with van der Waals surface area (Å²) >= 11 is 0. The van der Waals surface area contributed by atoms with Crippen LogP contribution in [0.15, 0.2) is 12.7 Å². The van der Waals surface area contributed by atoms with E-state index in [2.05, 4.69) is 26.4 Å². The largest absolute Gasteiger partial charge is 0.382 e. The first kappa shape index (κ1) is 14.3. The molecular formula is C15H23N5O. The summed E-state index contributed by atoms with van der Waals surface area (Å²) in [5, 5.41) is 0. The zero-order valence-corrected chi connectivity index (χ0v) is 12.5. The Balaban J connectivity index is 1.50. The molecule has 2 N–H and O–H groups in total. The van der Waals surface area contributed by atoms with E-state index in [9.17, 15) is 0 Å². The molecule has 1 aliphatic carbocycles. The number of aromatic nitrogens is 4. The zero-order valence-electron chi connectivity index (χ0n) is 12.5. The molecule has 0 aromatic carbocycles. The summed E-state index contributed by atoms with van der Waals surface area (Å²) in [6, 6.07) is 0.491. The lowest BCUT2D eigenvalue weighted by molar-refractivity contribution is 0.0890. The maximum absolute atomic E-state index is 5.82. The number of rotatable bonds is 7. The molecule has 21 heavy (non-hydrogen) atoms. The Morgan fingerprint density at radius 3 is 2.95 bits per heavy atom. The zero-order chi connectivity index (χ0) is 14.7. The fraction of sp³-hybridized carbons (Fsp3) is 0.667. The van der Waals surface area contributed by atoms with Crippen LogP contribution in [0.25, 0.3) is 11.2 Å². The van der Waals surface area contributed by atoms with Gasteiger partial charge in [0.1, 0.15) is 11.8 Å². The summed E-state index contributed by atoms with van der Waals surface area (Å²) in [4.78, 5) is 12.6. The van der Waals surface area contributed by atoms with Gasteiger partial charge in [0.2, 0.25) is 0 Å². The second-order valence-electron chi connectivity index (χ2n) is 5.83. The van der Waals surface area contributed by atoms with E-state index in [4.69, 9.17) is 10.5 Å². The molecular weight excluding hydrogens is 266 g/mol. The summed E-state index contributed by atoms with van der Waals surface area (Å²) in [6.07, 6.45) is 9.21. The molecule has 6 heteroatoms. The van der Waals surface area contributed by atoms with Crippen LogP contribution >= 0.6 is 0 Å². The van der Waals surface area contributed by atoms with Crippen molar-refractivity contribution < 1.29 is 4.74 Å². The number of imidazole rings is 1. The first-order chi connectivity index (χ1) is 10.3. The third-order valence-electron chi connectivity index (χ3n) is 4.30. The van der Waals surface area contributed by atoms with Crippen molar-refractivity contribution in [3.8, 4) is 0 Å². The fourth-order valence-electron chi connectivity index (χ4n) is 2.90. The normalized spacial score (nSPS) is 21.6. The van der Waals surface area contributed by atoms with E-state index in [-0.39, 0.29) is 0 Å². The summed E-state index contributed by atoms with van der Waals surface area (Å²) in [5.41, 5.74) is 7.38. The van der Waals surface area contributed by atoms with Gasteiger partial charge in [-0.1, -0.05) is 13.3 Å². The highest BCUT2D eigenvalue weighted by molar-refractivity contribution is 5.81. The van der Waals surface area contributed by atoms with Crippen LogP contribution in [0.3, 0.4) is 0 Å². The van der Waals surface area contributed by atoms with Gasteiger partial charge in [-0.15, -0.1) is 0 Å². The molecule has 2 heterocycles. The van der Waals surface area contributed by atoms with Gasteiger partial charge in [0.25, 0.3) is 0 Å². The molecule has 1 aliphatic rings. The minimum atomic E-state index is 0.457. The number of fused-ring (bicyclic) bond motifs is 1. The van der Waals surface area contributed by atoms with Gasteiger partial charge in [-0.2, -0.15) is 0 Å². The maximum atomic E-state index is 5.82. The number of nitrogens with zero attached hydrogens (tertiary/aromatic N) is 4. The highest BCUT2D eigenvalue weighted by atomic mass is 16.5. The van der Waals surface area contributed by atoms with Crippen LogP contribution in [0.1, 0.15) is 45.1 Å². The predicted molar refractivity (Wildman–Crippen MR) is 81.8 cm³/mol. The lowest BCUT2D eigenvalue weighted by atomic mass is 9.78. The second kappa shape index (κ2) is 6.39. The molecule has 1 fully saturated rings. The third kappa shape index (κ3) is 3.00. The van der Waals surface area contributed by atoms with Gasteiger partial charge in [-0.25, -0.2) is 15.0 Å². The number of hydrogen-bond acceptors (Lipinski definition) is 5. The molecule has 0 amide bonds. The molecule has 1 saturated carbocycles. The lowest BCUT2D eigenvalue weighted by Gasteiger charge is -2.36. The Bertz CT molecular complexity index is 591. The van der Waals surface area contributed by atoms with Gasteiger partial charge in [0, 0.05) is 19.3 Å². The number of anilines is 1. The second-order valence-corrected chi connectivity index (χ2v) is 5.83. The van der Waals surface area contributed by atoms with Crippen LogP contribution in [0.5, 0.6) is 0 Å². The van der Waals surface area contributed by atoms with E-state index in [0.29, 0.717) is 17.4 Å². The topological polar surface area (TPSA) is 78.9 Å².